The van der Waals surface area contributed by atoms with Crippen LogP contribution in [0.3, 0.4) is 0 Å². The van der Waals surface area contributed by atoms with Crippen molar-refractivity contribution >= 4 is 11.4 Å². The molecule has 5 nitrogen and oxygen atoms in total. The number of halogens is 3. The second-order valence-electron chi connectivity index (χ2n) is 4.70. The number of hydrogen-bond donors (Lipinski definition) is 1. The van der Waals surface area contributed by atoms with Gasteiger partial charge in [-0.15, -0.1) is 0 Å². The largest absolute Gasteiger partial charge is 0.433 e. The second-order valence-corrected chi connectivity index (χ2v) is 4.70. The quantitative estimate of drug-likeness (QED) is 0.677. The molecule has 104 valence electrons. The smallest absolute Gasteiger partial charge is 0.379 e. The summed E-state index contributed by atoms with van der Waals surface area (Å²) in [4.78, 5) is 13.1. The lowest BCUT2D eigenvalue weighted by Gasteiger charge is -2.10. The van der Waals surface area contributed by atoms with Gasteiger partial charge in [-0.3, -0.25) is 10.1 Å². The first-order chi connectivity index (χ1) is 8.79. The molecule has 0 radical (unpaired) electrons. The van der Waals surface area contributed by atoms with E-state index in [0.717, 1.165) is 6.42 Å². The van der Waals surface area contributed by atoms with Crippen molar-refractivity contribution in [3.05, 3.63) is 28.1 Å². The summed E-state index contributed by atoms with van der Waals surface area (Å²) in [5.74, 6) is 0.873. The van der Waals surface area contributed by atoms with Gasteiger partial charge in [-0.2, -0.15) is 13.2 Å². The molecule has 19 heavy (non-hydrogen) atoms. The van der Waals surface area contributed by atoms with Crippen LogP contribution in [0.25, 0.3) is 0 Å². The molecule has 1 saturated carbocycles. The average molecular weight is 275 g/mol. The lowest BCUT2D eigenvalue weighted by molar-refractivity contribution is -0.384. The first kappa shape index (κ1) is 13.6. The van der Waals surface area contributed by atoms with Gasteiger partial charge >= 0.3 is 11.9 Å². The van der Waals surface area contributed by atoms with Crippen LogP contribution in [0.4, 0.5) is 24.5 Å². The third kappa shape index (κ3) is 3.12. The molecule has 1 fully saturated rings. The molecule has 0 aromatic carbocycles. The summed E-state index contributed by atoms with van der Waals surface area (Å²) in [6.45, 7) is 2.46. The second kappa shape index (κ2) is 4.67. The summed E-state index contributed by atoms with van der Waals surface area (Å²) >= 11 is 0. The topological polar surface area (TPSA) is 68.1 Å². The number of nitro groups is 1. The molecule has 0 aliphatic heterocycles. The van der Waals surface area contributed by atoms with Crippen LogP contribution in [0.2, 0.25) is 0 Å². The first-order valence-electron chi connectivity index (χ1n) is 5.74. The Bertz CT molecular complexity index is 504. The van der Waals surface area contributed by atoms with Crippen molar-refractivity contribution in [3.8, 4) is 0 Å². The summed E-state index contributed by atoms with van der Waals surface area (Å²) in [5.41, 5.74) is -1.71. The Kier molecular flexibility index (Phi) is 3.34. The third-order valence-electron chi connectivity index (χ3n) is 3.20. The van der Waals surface area contributed by atoms with Crippen LogP contribution in [-0.2, 0) is 6.18 Å². The molecule has 0 bridgehead atoms. The van der Waals surface area contributed by atoms with E-state index in [4.69, 9.17) is 0 Å². The van der Waals surface area contributed by atoms with Crippen molar-refractivity contribution in [2.45, 2.75) is 19.5 Å². The summed E-state index contributed by atoms with van der Waals surface area (Å²) < 4.78 is 37.5. The highest BCUT2D eigenvalue weighted by Gasteiger charge is 2.35. The third-order valence-corrected chi connectivity index (χ3v) is 3.20. The van der Waals surface area contributed by atoms with E-state index in [0.29, 0.717) is 30.6 Å². The molecule has 1 aliphatic carbocycles. The first-order valence-corrected chi connectivity index (χ1v) is 5.74. The van der Waals surface area contributed by atoms with Gasteiger partial charge in [0.1, 0.15) is 17.6 Å². The number of pyridine rings is 1. The molecule has 1 aromatic rings. The highest BCUT2D eigenvalue weighted by Crippen LogP contribution is 2.39. The average Bonchev–Trinajstić information content (AvgIpc) is 3.01. The van der Waals surface area contributed by atoms with Crippen LogP contribution in [0, 0.1) is 22.0 Å². The Labute approximate surface area is 107 Å². The molecule has 8 heteroatoms. The number of nitrogens with zero attached hydrogens (tertiary/aromatic N) is 2. The maximum absolute atomic E-state index is 12.5. The van der Waals surface area contributed by atoms with E-state index in [1.54, 1.807) is 0 Å². The normalized spacial score (nSPS) is 22.1. The summed E-state index contributed by atoms with van der Waals surface area (Å²) in [6, 6.07) is 0.686. The molecular weight excluding hydrogens is 263 g/mol. The van der Waals surface area contributed by atoms with E-state index in [1.807, 2.05) is 6.92 Å². The highest BCUT2D eigenvalue weighted by atomic mass is 19.4. The van der Waals surface area contributed by atoms with E-state index in [-0.39, 0.29) is 5.69 Å². The maximum Gasteiger partial charge on any atom is 0.433 e. The minimum atomic E-state index is -4.61. The Morgan fingerprint density at radius 2 is 2.21 bits per heavy atom. The molecular formula is C11H12F3N3O2. The minimum Gasteiger partial charge on any atom is -0.379 e. The molecule has 0 amide bonds. The standard InChI is InChI=1S/C11H12F3N3O2/c1-6-2-7(6)4-15-8-3-10(11(12,13)14)16-5-9(8)17(18)19/h3,5-7H,2,4H2,1H3,(H,15,16). The van der Waals surface area contributed by atoms with E-state index in [9.17, 15) is 23.3 Å². The zero-order valence-corrected chi connectivity index (χ0v) is 10.1. The lowest BCUT2D eigenvalue weighted by Crippen LogP contribution is -2.12. The summed E-state index contributed by atoms with van der Waals surface area (Å²) in [6.07, 6.45) is -2.99. The van der Waals surface area contributed by atoms with Gasteiger partial charge in [0, 0.05) is 6.54 Å². The van der Waals surface area contributed by atoms with Crippen LogP contribution in [0.5, 0.6) is 0 Å². The van der Waals surface area contributed by atoms with Crippen molar-refractivity contribution in [3.63, 3.8) is 0 Å². The number of alkyl halides is 3. The molecule has 1 aromatic heterocycles. The van der Waals surface area contributed by atoms with E-state index >= 15 is 0 Å². The van der Waals surface area contributed by atoms with E-state index in [2.05, 4.69) is 10.3 Å². The van der Waals surface area contributed by atoms with E-state index < -0.39 is 22.5 Å². The Morgan fingerprint density at radius 1 is 1.58 bits per heavy atom. The molecule has 0 saturated heterocycles. The van der Waals surface area contributed by atoms with Gasteiger partial charge in [-0.1, -0.05) is 6.92 Å². The van der Waals surface area contributed by atoms with Gasteiger partial charge in [0.05, 0.1) is 4.92 Å². The Balaban J connectivity index is 2.22. The van der Waals surface area contributed by atoms with Crippen LogP contribution in [0.15, 0.2) is 12.3 Å². The van der Waals surface area contributed by atoms with Gasteiger partial charge < -0.3 is 5.32 Å². The van der Waals surface area contributed by atoms with Gasteiger partial charge in [0.15, 0.2) is 0 Å². The van der Waals surface area contributed by atoms with Crippen molar-refractivity contribution in [2.24, 2.45) is 11.8 Å². The molecule has 1 aliphatic rings. The molecule has 1 N–H and O–H groups in total. The summed E-state index contributed by atoms with van der Waals surface area (Å²) in [7, 11) is 0. The van der Waals surface area contributed by atoms with Gasteiger partial charge in [0.2, 0.25) is 0 Å². The van der Waals surface area contributed by atoms with Crippen LogP contribution < -0.4 is 5.32 Å². The SMILES string of the molecule is CC1CC1CNc1cc(C(F)(F)F)ncc1[N+](=O)[O-]. The molecule has 2 unspecified atom stereocenters. The predicted octanol–water partition coefficient (Wildman–Crippen LogP) is 3.08. The van der Waals surface area contributed by atoms with Crippen LogP contribution in [-0.4, -0.2) is 16.5 Å². The van der Waals surface area contributed by atoms with E-state index in [1.165, 1.54) is 0 Å². The Hall–Kier alpha value is -1.86. The molecule has 2 atom stereocenters. The molecule has 0 spiro atoms. The zero-order valence-electron chi connectivity index (χ0n) is 10.1. The molecule has 2 rings (SSSR count). The number of anilines is 1. The fourth-order valence-electron chi connectivity index (χ4n) is 1.81. The number of nitrogens with one attached hydrogen (secondary N) is 1. The fraction of sp³-hybridized carbons (Fsp3) is 0.545. The maximum atomic E-state index is 12.5. The highest BCUT2D eigenvalue weighted by molar-refractivity contribution is 5.61. The summed E-state index contributed by atoms with van der Waals surface area (Å²) in [5, 5.41) is 13.5. The predicted molar refractivity (Wildman–Crippen MR) is 61.7 cm³/mol. The van der Waals surface area contributed by atoms with Crippen molar-refractivity contribution in [1.29, 1.82) is 0 Å². The lowest BCUT2D eigenvalue weighted by atomic mass is 10.2. The van der Waals surface area contributed by atoms with Crippen molar-refractivity contribution in [1.82, 2.24) is 4.98 Å². The number of aromatic nitrogens is 1. The van der Waals surface area contributed by atoms with Crippen molar-refractivity contribution in [2.75, 3.05) is 11.9 Å². The fourth-order valence-corrected chi connectivity index (χ4v) is 1.81. The van der Waals surface area contributed by atoms with Gasteiger partial charge in [-0.25, -0.2) is 4.98 Å². The van der Waals surface area contributed by atoms with Gasteiger partial charge in [0.25, 0.3) is 0 Å². The van der Waals surface area contributed by atoms with Crippen LogP contribution in [0.1, 0.15) is 19.0 Å². The minimum absolute atomic E-state index is 0.133. The monoisotopic (exact) mass is 275 g/mol. The molecule has 1 heterocycles. The number of hydrogen-bond acceptors (Lipinski definition) is 4. The van der Waals surface area contributed by atoms with Crippen LogP contribution >= 0.6 is 0 Å². The van der Waals surface area contributed by atoms with Crippen molar-refractivity contribution < 1.29 is 18.1 Å². The Morgan fingerprint density at radius 3 is 2.68 bits per heavy atom. The zero-order chi connectivity index (χ0) is 14.2. The number of rotatable bonds is 4. The van der Waals surface area contributed by atoms with Gasteiger partial charge in [-0.05, 0) is 24.3 Å².